The van der Waals surface area contributed by atoms with E-state index in [0.29, 0.717) is 17.2 Å². The summed E-state index contributed by atoms with van der Waals surface area (Å²) in [6.07, 6.45) is 0. The topological polar surface area (TPSA) is 86.6 Å². The van der Waals surface area contributed by atoms with Gasteiger partial charge in [0.05, 0.1) is 0 Å². The van der Waals surface area contributed by atoms with E-state index < -0.39 is 5.97 Å². The van der Waals surface area contributed by atoms with Crippen LogP contribution in [0.15, 0.2) is 42.5 Å². The molecule has 22 heavy (non-hydrogen) atoms. The predicted octanol–water partition coefficient (Wildman–Crippen LogP) is 3.47. The normalized spacial score (nSPS) is 10.5. The summed E-state index contributed by atoms with van der Waals surface area (Å²) in [5.41, 5.74) is 1.67. The smallest absolute Gasteiger partial charge is 0.339 e. The number of nitrogens with one attached hydrogen (secondary N) is 1. The van der Waals surface area contributed by atoms with Crippen molar-refractivity contribution in [3.05, 3.63) is 59.2 Å². The number of amides is 1. The minimum absolute atomic E-state index is 0.257. The van der Waals surface area contributed by atoms with Gasteiger partial charge in [0.2, 0.25) is 0 Å². The molecule has 3 N–H and O–H groups in total. The van der Waals surface area contributed by atoms with Crippen LogP contribution in [0.2, 0.25) is 0 Å². The first kappa shape index (κ1) is 15.6. The van der Waals surface area contributed by atoms with Crippen LogP contribution < -0.4 is 5.32 Å². The van der Waals surface area contributed by atoms with Crippen LogP contribution in [-0.4, -0.2) is 22.1 Å². The van der Waals surface area contributed by atoms with Crippen LogP contribution in [0.4, 0.5) is 5.69 Å². The summed E-state index contributed by atoms with van der Waals surface area (Å²) in [5, 5.41) is 21.0. The van der Waals surface area contributed by atoms with Crippen LogP contribution in [0.3, 0.4) is 0 Å². The lowest BCUT2D eigenvalue weighted by Crippen LogP contribution is -2.12. The third kappa shape index (κ3) is 3.44. The molecule has 0 aromatic heterocycles. The number of carbonyl (C=O) groups is 2. The molecular formula is C17H17NO4. The third-order valence-corrected chi connectivity index (χ3v) is 3.32. The molecule has 0 fully saturated rings. The third-order valence-electron chi connectivity index (χ3n) is 3.32. The van der Waals surface area contributed by atoms with Crippen molar-refractivity contribution >= 4 is 17.6 Å². The van der Waals surface area contributed by atoms with Crippen molar-refractivity contribution in [2.75, 3.05) is 5.32 Å². The van der Waals surface area contributed by atoms with Crippen molar-refractivity contribution in [3.8, 4) is 5.75 Å². The molecule has 0 spiro atoms. The number of phenols is 1. The number of benzene rings is 2. The van der Waals surface area contributed by atoms with Crippen molar-refractivity contribution in [3.63, 3.8) is 0 Å². The fourth-order valence-corrected chi connectivity index (χ4v) is 2.01. The van der Waals surface area contributed by atoms with Crippen LogP contribution >= 0.6 is 0 Å². The molecule has 0 saturated heterocycles. The van der Waals surface area contributed by atoms with Crippen LogP contribution in [0, 0.1) is 0 Å². The van der Waals surface area contributed by atoms with Crippen LogP contribution in [0.5, 0.6) is 5.75 Å². The summed E-state index contributed by atoms with van der Waals surface area (Å²) in [4.78, 5) is 23.1. The summed E-state index contributed by atoms with van der Waals surface area (Å²) >= 11 is 0. The zero-order valence-electron chi connectivity index (χ0n) is 12.3. The number of hydrogen-bond acceptors (Lipinski definition) is 3. The molecule has 2 rings (SSSR count). The Balaban J connectivity index is 2.18. The molecule has 0 radical (unpaired) electrons. The van der Waals surface area contributed by atoms with Gasteiger partial charge in [0, 0.05) is 11.3 Å². The van der Waals surface area contributed by atoms with Gasteiger partial charge in [-0.3, -0.25) is 4.79 Å². The monoisotopic (exact) mass is 299 g/mol. The number of rotatable bonds is 4. The Morgan fingerprint density at radius 2 is 1.68 bits per heavy atom. The van der Waals surface area contributed by atoms with Crippen molar-refractivity contribution in [1.82, 2.24) is 0 Å². The highest BCUT2D eigenvalue weighted by atomic mass is 16.4. The van der Waals surface area contributed by atoms with E-state index >= 15 is 0 Å². The molecule has 5 heteroatoms. The molecule has 0 unspecified atom stereocenters. The van der Waals surface area contributed by atoms with Gasteiger partial charge in [0.15, 0.2) is 0 Å². The number of carboxylic acids is 1. The molecule has 0 bridgehead atoms. The standard InChI is InChI=1S/C17H17NO4/c1-10(2)11-3-5-12(6-4-11)16(20)18-13-7-8-15(19)14(9-13)17(21)22/h3-10,19H,1-2H3,(H,18,20)(H,21,22). The lowest BCUT2D eigenvalue weighted by atomic mass is 10.0. The van der Waals surface area contributed by atoms with Crippen LogP contribution in [0.25, 0.3) is 0 Å². The van der Waals surface area contributed by atoms with E-state index in [-0.39, 0.29) is 17.2 Å². The largest absolute Gasteiger partial charge is 0.507 e. The molecule has 114 valence electrons. The zero-order valence-corrected chi connectivity index (χ0v) is 12.3. The molecule has 2 aromatic rings. The Bertz CT molecular complexity index is 705. The van der Waals surface area contributed by atoms with Gasteiger partial charge in [0.25, 0.3) is 5.91 Å². The Hall–Kier alpha value is -2.82. The van der Waals surface area contributed by atoms with Crippen LogP contribution in [0.1, 0.15) is 46.0 Å². The minimum atomic E-state index is -1.25. The first-order chi connectivity index (χ1) is 10.4. The van der Waals surface area contributed by atoms with Gasteiger partial charge < -0.3 is 15.5 Å². The van der Waals surface area contributed by atoms with Gasteiger partial charge in [-0.1, -0.05) is 26.0 Å². The number of carbonyl (C=O) groups excluding carboxylic acids is 1. The Morgan fingerprint density at radius 1 is 1.05 bits per heavy atom. The molecule has 0 aliphatic heterocycles. The second-order valence-electron chi connectivity index (χ2n) is 5.27. The highest BCUT2D eigenvalue weighted by Gasteiger charge is 2.12. The first-order valence-corrected chi connectivity index (χ1v) is 6.86. The molecule has 0 saturated carbocycles. The number of aromatic hydroxyl groups is 1. The zero-order chi connectivity index (χ0) is 16.3. The second-order valence-corrected chi connectivity index (χ2v) is 5.27. The van der Waals surface area contributed by atoms with E-state index in [9.17, 15) is 14.7 Å². The average Bonchev–Trinajstić information content (AvgIpc) is 2.49. The van der Waals surface area contributed by atoms with Gasteiger partial charge in [-0.15, -0.1) is 0 Å². The summed E-state index contributed by atoms with van der Waals surface area (Å²) in [6, 6.07) is 11.1. The number of hydrogen-bond donors (Lipinski definition) is 3. The summed E-state index contributed by atoms with van der Waals surface area (Å²) < 4.78 is 0. The maximum atomic E-state index is 12.1. The van der Waals surface area contributed by atoms with Crippen molar-refractivity contribution in [1.29, 1.82) is 0 Å². The van der Waals surface area contributed by atoms with Gasteiger partial charge >= 0.3 is 5.97 Å². The van der Waals surface area contributed by atoms with Gasteiger partial charge in [-0.25, -0.2) is 4.79 Å². The Labute approximate surface area is 128 Å². The molecule has 5 nitrogen and oxygen atoms in total. The van der Waals surface area contributed by atoms with E-state index in [2.05, 4.69) is 19.2 Å². The van der Waals surface area contributed by atoms with E-state index in [4.69, 9.17) is 5.11 Å². The second kappa shape index (κ2) is 6.30. The van der Waals surface area contributed by atoms with Gasteiger partial charge in [0.1, 0.15) is 11.3 Å². The minimum Gasteiger partial charge on any atom is -0.507 e. The first-order valence-electron chi connectivity index (χ1n) is 6.86. The highest BCUT2D eigenvalue weighted by molar-refractivity contribution is 6.05. The van der Waals surface area contributed by atoms with E-state index in [1.165, 1.54) is 18.2 Å². The predicted molar refractivity (Wildman–Crippen MR) is 83.6 cm³/mol. The molecule has 2 aromatic carbocycles. The lowest BCUT2D eigenvalue weighted by Gasteiger charge is -2.09. The van der Waals surface area contributed by atoms with Gasteiger partial charge in [-0.05, 0) is 41.8 Å². The number of anilines is 1. The summed E-state index contributed by atoms with van der Waals surface area (Å²) in [5.74, 6) is -1.55. The van der Waals surface area contributed by atoms with Crippen molar-refractivity contribution in [2.45, 2.75) is 19.8 Å². The summed E-state index contributed by atoms with van der Waals surface area (Å²) in [6.45, 7) is 4.14. The number of aromatic carboxylic acids is 1. The molecule has 0 aliphatic carbocycles. The van der Waals surface area contributed by atoms with Gasteiger partial charge in [-0.2, -0.15) is 0 Å². The number of carboxylic acid groups (broad SMARTS) is 1. The van der Waals surface area contributed by atoms with E-state index in [1.54, 1.807) is 12.1 Å². The Kier molecular flexibility index (Phi) is 4.46. The Morgan fingerprint density at radius 3 is 2.23 bits per heavy atom. The highest BCUT2D eigenvalue weighted by Crippen LogP contribution is 2.22. The lowest BCUT2D eigenvalue weighted by molar-refractivity contribution is 0.0693. The van der Waals surface area contributed by atoms with Crippen molar-refractivity contribution < 1.29 is 19.8 Å². The average molecular weight is 299 g/mol. The quantitative estimate of drug-likeness (QED) is 0.754. The maximum absolute atomic E-state index is 12.1. The van der Waals surface area contributed by atoms with Crippen LogP contribution in [-0.2, 0) is 0 Å². The molecule has 0 atom stereocenters. The van der Waals surface area contributed by atoms with E-state index in [0.717, 1.165) is 5.56 Å². The fourth-order valence-electron chi connectivity index (χ4n) is 2.01. The molecule has 0 aliphatic rings. The fraction of sp³-hybridized carbons (Fsp3) is 0.176. The van der Waals surface area contributed by atoms with Crippen molar-refractivity contribution in [2.24, 2.45) is 0 Å². The van der Waals surface area contributed by atoms with E-state index in [1.807, 2.05) is 12.1 Å². The summed E-state index contributed by atoms with van der Waals surface area (Å²) in [7, 11) is 0. The molecule has 1 amide bonds. The molecule has 0 heterocycles. The SMILES string of the molecule is CC(C)c1ccc(C(=O)Nc2ccc(O)c(C(=O)O)c2)cc1. The maximum Gasteiger partial charge on any atom is 0.339 e. The molecular weight excluding hydrogens is 282 g/mol.